The van der Waals surface area contributed by atoms with Gasteiger partial charge >= 0.3 is 5.97 Å². The van der Waals surface area contributed by atoms with Gasteiger partial charge in [0.05, 0.1) is 19.8 Å². The van der Waals surface area contributed by atoms with Crippen LogP contribution in [0.2, 0.25) is 0 Å². The van der Waals surface area contributed by atoms with Gasteiger partial charge in [-0.2, -0.15) is 0 Å². The molecule has 2 saturated heterocycles. The molecule has 0 bridgehead atoms. The molecule has 248 valence electrons. The molecule has 1 amide bonds. The second-order valence-electron chi connectivity index (χ2n) is 14.6. The van der Waals surface area contributed by atoms with Gasteiger partial charge in [-0.25, -0.2) is 9.78 Å². The zero-order valence-electron chi connectivity index (χ0n) is 29.0. The molecule has 0 aliphatic carbocycles. The van der Waals surface area contributed by atoms with Crippen LogP contribution in [-0.2, 0) is 31.0 Å². The highest BCUT2D eigenvalue weighted by molar-refractivity contribution is 5.89. The Morgan fingerprint density at radius 2 is 1.84 bits per heavy atom. The number of pyridine rings is 1. The lowest BCUT2D eigenvalue weighted by atomic mass is 9.72. The Bertz CT molecular complexity index is 1330. The van der Waals surface area contributed by atoms with Gasteiger partial charge in [-0.3, -0.25) is 4.79 Å². The molecule has 3 heterocycles. The third-order valence-electron chi connectivity index (χ3n) is 9.14. The first-order chi connectivity index (χ1) is 21.2. The monoisotopic (exact) mass is 622 g/mol. The average molecular weight is 623 g/mol. The maximum Gasteiger partial charge on any atom is 0.329 e. The van der Waals surface area contributed by atoms with Crippen LogP contribution >= 0.6 is 0 Å². The molecule has 1 N–H and O–H groups in total. The largest absolute Gasteiger partial charge is 0.496 e. The lowest BCUT2D eigenvalue weighted by molar-refractivity contribution is -0.162. The van der Waals surface area contributed by atoms with Crippen molar-refractivity contribution in [2.24, 2.45) is 11.3 Å². The molecule has 0 radical (unpaired) electrons. The highest BCUT2D eigenvalue weighted by Gasteiger charge is 2.59. The number of hydrogen-bond donors (Lipinski definition) is 1. The van der Waals surface area contributed by atoms with E-state index in [0.717, 1.165) is 35.5 Å². The quantitative estimate of drug-likeness (QED) is 0.359. The van der Waals surface area contributed by atoms with Gasteiger partial charge in [0.15, 0.2) is 0 Å². The standard InChI is InChI=1S/C36H54N4O5/c1-11-44-34(42)31-28(36(5,6)7)29(38-22-23-21-24(35(2,3)4)17-18-26(23)43-10)30(25-15-14-19-37-32(25)39(8)9)40(31)33(41)27-16-12-13-20-45-27/h14-15,17-19,21,27-31,38H,11-13,16,20,22H2,1-10H3/t27-,28+,29+,30+,31+/m1/s1. The number of hydrogen-bond acceptors (Lipinski definition) is 8. The molecule has 9 heteroatoms. The predicted octanol–water partition coefficient (Wildman–Crippen LogP) is 5.66. The Morgan fingerprint density at radius 1 is 1.11 bits per heavy atom. The summed E-state index contributed by atoms with van der Waals surface area (Å²) in [5.41, 5.74) is 2.67. The number of aromatic nitrogens is 1. The van der Waals surface area contributed by atoms with Crippen LogP contribution in [0.1, 0.15) is 90.5 Å². The summed E-state index contributed by atoms with van der Waals surface area (Å²) in [5.74, 6) is 0.691. The average Bonchev–Trinajstić information content (AvgIpc) is 3.35. The maximum absolute atomic E-state index is 14.6. The van der Waals surface area contributed by atoms with E-state index in [0.29, 0.717) is 19.6 Å². The molecule has 5 atom stereocenters. The Hall–Kier alpha value is -3.17. The van der Waals surface area contributed by atoms with E-state index in [9.17, 15) is 9.59 Å². The first-order valence-corrected chi connectivity index (χ1v) is 16.3. The molecule has 45 heavy (non-hydrogen) atoms. The molecule has 1 aromatic heterocycles. The second kappa shape index (κ2) is 14.1. The van der Waals surface area contributed by atoms with Crippen LogP contribution in [0.3, 0.4) is 0 Å². The van der Waals surface area contributed by atoms with Crippen LogP contribution in [0.25, 0.3) is 0 Å². The maximum atomic E-state index is 14.6. The minimum Gasteiger partial charge on any atom is -0.496 e. The summed E-state index contributed by atoms with van der Waals surface area (Å²) in [6.45, 7) is 16.0. The summed E-state index contributed by atoms with van der Waals surface area (Å²) in [6.07, 6.45) is 3.61. The second-order valence-corrected chi connectivity index (χ2v) is 14.6. The Balaban J connectivity index is 1.92. The van der Waals surface area contributed by atoms with Crippen molar-refractivity contribution in [1.29, 1.82) is 0 Å². The lowest BCUT2D eigenvalue weighted by Crippen LogP contribution is -2.51. The molecule has 2 aromatic rings. The number of carbonyl (C=O) groups excluding carboxylic acids is 2. The summed E-state index contributed by atoms with van der Waals surface area (Å²) < 4.78 is 17.6. The molecule has 0 spiro atoms. The summed E-state index contributed by atoms with van der Waals surface area (Å²) in [7, 11) is 5.59. The minimum absolute atomic E-state index is 0.0423. The van der Waals surface area contributed by atoms with E-state index in [1.807, 2.05) is 44.1 Å². The van der Waals surface area contributed by atoms with Crippen LogP contribution < -0.4 is 15.0 Å². The fourth-order valence-electron chi connectivity index (χ4n) is 6.99. The van der Waals surface area contributed by atoms with Crippen molar-refractivity contribution in [2.75, 3.05) is 39.3 Å². The van der Waals surface area contributed by atoms with Crippen molar-refractivity contribution in [2.45, 2.75) is 104 Å². The lowest BCUT2D eigenvalue weighted by Gasteiger charge is -2.36. The van der Waals surface area contributed by atoms with E-state index in [-0.39, 0.29) is 35.3 Å². The number of rotatable bonds is 9. The van der Waals surface area contributed by atoms with Crippen LogP contribution in [0.5, 0.6) is 5.75 Å². The number of ether oxygens (including phenoxy) is 3. The van der Waals surface area contributed by atoms with E-state index in [1.165, 1.54) is 5.56 Å². The van der Waals surface area contributed by atoms with E-state index in [2.05, 4.69) is 59.0 Å². The zero-order chi connectivity index (χ0) is 33.1. The molecule has 2 fully saturated rings. The predicted molar refractivity (Wildman–Crippen MR) is 177 cm³/mol. The summed E-state index contributed by atoms with van der Waals surface area (Å²) in [6, 6.07) is 8.60. The SMILES string of the molecule is CCOC(=O)[C@@H]1[C@@H](C(C)(C)C)[C@H](NCc2cc(C(C)(C)C)ccc2OC)[C@H](c2cccnc2N(C)C)N1C(=O)[C@H]1CCCCO1. The summed E-state index contributed by atoms with van der Waals surface area (Å²) in [5, 5.41) is 3.87. The number of nitrogens with one attached hydrogen (secondary N) is 1. The number of esters is 1. The minimum atomic E-state index is -0.816. The molecule has 1 aromatic carbocycles. The van der Waals surface area contributed by atoms with Crippen molar-refractivity contribution < 1.29 is 23.8 Å². The number of anilines is 1. The van der Waals surface area contributed by atoms with Crippen molar-refractivity contribution in [3.05, 3.63) is 53.2 Å². The molecule has 4 rings (SSSR count). The molecule has 0 saturated carbocycles. The third kappa shape index (κ3) is 7.46. The van der Waals surface area contributed by atoms with Crippen molar-refractivity contribution in [3.63, 3.8) is 0 Å². The van der Waals surface area contributed by atoms with Gasteiger partial charge < -0.3 is 29.3 Å². The van der Waals surface area contributed by atoms with Crippen LogP contribution in [0.4, 0.5) is 5.82 Å². The normalized spacial score (nSPS) is 24.0. The van der Waals surface area contributed by atoms with Crippen LogP contribution in [-0.4, -0.2) is 74.4 Å². The van der Waals surface area contributed by atoms with Crippen molar-refractivity contribution >= 4 is 17.7 Å². The van der Waals surface area contributed by atoms with E-state index in [4.69, 9.17) is 19.2 Å². The number of amides is 1. The molecular weight excluding hydrogens is 568 g/mol. The van der Waals surface area contributed by atoms with E-state index in [1.54, 1.807) is 18.2 Å². The van der Waals surface area contributed by atoms with Gasteiger partial charge in [-0.05, 0) is 54.7 Å². The fraction of sp³-hybridized carbons (Fsp3) is 0.639. The number of methoxy groups -OCH3 is 1. The zero-order valence-corrected chi connectivity index (χ0v) is 29.0. The fourth-order valence-corrected chi connectivity index (χ4v) is 6.99. The first kappa shape index (κ1) is 34.7. The smallest absolute Gasteiger partial charge is 0.329 e. The molecular formula is C36H54N4O5. The Labute approximate surface area is 270 Å². The van der Waals surface area contributed by atoms with Gasteiger partial charge in [-0.15, -0.1) is 0 Å². The van der Waals surface area contributed by atoms with Crippen molar-refractivity contribution in [1.82, 2.24) is 15.2 Å². The topological polar surface area (TPSA) is 93.2 Å². The highest BCUT2D eigenvalue weighted by Crippen LogP contribution is 2.50. The number of benzene rings is 1. The number of carbonyl (C=O) groups is 2. The van der Waals surface area contributed by atoms with Crippen LogP contribution in [0.15, 0.2) is 36.5 Å². The molecule has 2 aliphatic heterocycles. The molecule has 9 nitrogen and oxygen atoms in total. The third-order valence-corrected chi connectivity index (χ3v) is 9.14. The van der Waals surface area contributed by atoms with Gasteiger partial charge in [0, 0.05) is 56.5 Å². The van der Waals surface area contributed by atoms with Gasteiger partial charge in [0.25, 0.3) is 5.91 Å². The van der Waals surface area contributed by atoms with Gasteiger partial charge in [0.2, 0.25) is 0 Å². The van der Waals surface area contributed by atoms with Gasteiger partial charge in [0.1, 0.15) is 23.7 Å². The Kier molecular flexibility index (Phi) is 10.9. The molecule has 0 unspecified atom stereocenters. The molecule has 2 aliphatic rings. The highest BCUT2D eigenvalue weighted by atomic mass is 16.5. The van der Waals surface area contributed by atoms with Crippen LogP contribution in [0, 0.1) is 11.3 Å². The van der Waals surface area contributed by atoms with E-state index >= 15 is 0 Å². The number of nitrogens with zero attached hydrogens (tertiary/aromatic N) is 3. The number of likely N-dealkylation sites (tertiary alicyclic amines) is 1. The Morgan fingerprint density at radius 3 is 2.42 bits per heavy atom. The van der Waals surface area contributed by atoms with Crippen molar-refractivity contribution in [3.8, 4) is 5.75 Å². The van der Waals surface area contributed by atoms with E-state index < -0.39 is 24.2 Å². The summed E-state index contributed by atoms with van der Waals surface area (Å²) in [4.78, 5) is 37.2. The summed E-state index contributed by atoms with van der Waals surface area (Å²) >= 11 is 0. The first-order valence-electron chi connectivity index (χ1n) is 16.3. The van der Waals surface area contributed by atoms with Gasteiger partial charge in [-0.1, -0.05) is 59.7 Å².